The molecule has 0 radical (unpaired) electrons. The van der Waals surface area contributed by atoms with E-state index in [0.717, 1.165) is 31.6 Å². The van der Waals surface area contributed by atoms with Crippen molar-refractivity contribution in [1.29, 1.82) is 0 Å². The molecule has 0 spiro atoms. The number of carbonyl (C=O) groups excluding carboxylic acids is 1. The minimum absolute atomic E-state index is 0.0264. The molecular weight excluding hydrogens is 300 g/mol. The molecule has 118 valence electrons. The Morgan fingerprint density at radius 1 is 1.32 bits per heavy atom. The van der Waals surface area contributed by atoms with Crippen molar-refractivity contribution in [3.8, 4) is 0 Å². The highest BCUT2D eigenvalue weighted by molar-refractivity contribution is 7.09. The van der Waals surface area contributed by atoms with Gasteiger partial charge in [-0.05, 0) is 30.4 Å². The molecule has 6 heteroatoms. The number of nitrogens with one attached hydrogen (secondary N) is 1. The summed E-state index contributed by atoms with van der Waals surface area (Å²) in [6, 6.07) is 6.13. The molecule has 0 saturated carbocycles. The Hall–Kier alpha value is -1.79. The van der Waals surface area contributed by atoms with Crippen molar-refractivity contribution in [3.05, 3.63) is 46.5 Å². The van der Waals surface area contributed by atoms with Crippen LogP contribution < -0.4 is 5.32 Å². The quantitative estimate of drug-likeness (QED) is 0.920. The largest absolute Gasteiger partial charge is 0.472 e. The molecule has 2 amide bonds. The molecule has 1 fully saturated rings. The zero-order valence-corrected chi connectivity index (χ0v) is 13.2. The predicted octanol–water partition coefficient (Wildman–Crippen LogP) is 3.23. The fourth-order valence-corrected chi connectivity index (χ4v) is 3.22. The van der Waals surface area contributed by atoms with E-state index >= 15 is 0 Å². The van der Waals surface area contributed by atoms with Crippen molar-refractivity contribution in [3.63, 3.8) is 0 Å². The summed E-state index contributed by atoms with van der Waals surface area (Å²) in [5.41, 5.74) is 0.999. The number of hydrogen-bond donors (Lipinski definition) is 1. The monoisotopic (exact) mass is 320 g/mol. The molecule has 3 rings (SSSR count). The number of thiophene rings is 1. The summed E-state index contributed by atoms with van der Waals surface area (Å²) in [5.74, 6) is 0. The minimum atomic E-state index is -0.0264. The van der Waals surface area contributed by atoms with Gasteiger partial charge in [0, 0.05) is 29.7 Å². The number of ether oxygens (including phenoxy) is 1. The lowest BCUT2D eigenvalue weighted by Gasteiger charge is -2.28. The molecule has 0 aromatic carbocycles. The third-order valence-corrected chi connectivity index (χ3v) is 4.58. The van der Waals surface area contributed by atoms with Gasteiger partial charge in [-0.3, -0.25) is 0 Å². The van der Waals surface area contributed by atoms with Gasteiger partial charge in [-0.2, -0.15) is 0 Å². The molecule has 2 aromatic heterocycles. The van der Waals surface area contributed by atoms with Crippen LogP contribution in [-0.2, 0) is 17.8 Å². The van der Waals surface area contributed by atoms with Gasteiger partial charge in [-0.15, -0.1) is 11.3 Å². The van der Waals surface area contributed by atoms with E-state index in [0.29, 0.717) is 13.1 Å². The summed E-state index contributed by atoms with van der Waals surface area (Å²) in [6.07, 6.45) is 5.08. The van der Waals surface area contributed by atoms with Gasteiger partial charge in [-0.25, -0.2) is 4.79 Å². The zero-order chi connectivity index (χ0) is 15.2. The number of furan rings is 1. The van der Waals surface area contributed by atoms with Crippen molar-refractivity contribution in [2.45, 2.75) is 32.0 Å². The van der Waals surface area contributed by atoms with E-state index in [-0.39, 0.29) is 12.1 Å². The molecule has 0 unspecified atom stereocenters. The standard InChI is InChI=1S/C16H20N2O3S/c19-16(17-14-4-7-20-8-5-14)18(10-13-3-6-21-12-13)11-15-2-1-9-22-15/h1-3,6,9,12,14H,4-5,7-8,10-11H2,(H,17,19). The Morgan fingerprint density at radius 2 is 2.18 bits per heavy atom. The maximum atomic E-state index is 12.6. The molecule has 0 aliphatic carbocycles. The van der Waals surface area contributed by atoms with Crippen molar-refractivity contribution in [1.82, 2.24) is 10.2 Å². The smallest absolute Gasteiger partial charge is 0.318 e. The SMILES string of the molecule is O=C(NC1CCOCC1)N(Cc1ccoc1)Cc1cccs1. The van der Waals surface area contributed by atoms with E-state index in [1.807, 2.05) is 22.4 Å². The first-order valence-electron chi connectivity index (χ1n) is 7.48. The lowest BCUT2D eigenvalue weighted by molar-refractivity contribution is 0.0777. The van der Waals surface area contributed by atoms with Gasteiger partial charge in [0.15, 0.2) is 0 Å². The van der Waals surface area contributed by atoms with Crippen LogP contribution in [0.15, 0.2) is 40.5 Å². The fourth-order valence-electron chi connectivity index (χ4n) is 2.50. The normalized spacial score (nSPS) is 15.6. The Kier molecular flexibility index (Phi) is 5.13. The molecule has 2 aromatic rings. The number of hydrogen-bond acceptors (Lipinski definition) is 4. The van der Waals surface area contributed by atoms with E-state index in [9.17, 15) is 4.79 Å². The van der Waals surface area contributed by atoms with E-state index in [2.05, 4.69) is 11.4 Å². The highest BCUT2D eigenvalue weighted by Crippen LogP contribution is 2.16. The Morgan fingerprint density at radius 3 is 2.86 bits per heavy atom. The van der Waals surface area contributed by atoms with Gasteiger partial charge in [0.05, 0.1) is 25.6 Å². The van der Waals surface area contributed by atoms with Crippen LogP contribution in [-0.4, -0.2) is 30.2 Å². The number of rotatable bonds is 5. The predicted molar refractivity (Wildman–Crippen MR) is 84.6 cm³/mol. The number of amides is 2. The molecule has 1 saturated heterocycles. The Bertz CT molecular complexity index is 526. The second kappa shape index (κ2) is 7.47. The Balaban J connectivity index is 1.64. The molecule has 0 bridgehead atoms. The van der Waals surface area contributed by atoms with Gasteiger partial charge >= 0.3 is 6.03 Å². The summed E-state index contributed by atoms with van der Waals surface area (Å²) in [6.45, 7) is 2.59. The lowest BCUT2D eigenvalue weighted by Crippen LogP contribution is -2.46. The molecule has 3 heterocycles. The summed E-state index contributed by atoms with van der Waals surface area (Å²) in [7, 11) is 0. The molecule has 1 aliphatic heterocycles. The van der Waals surface area contributed by atoms with Crippen molar-refractivity contribution < 1.29 is 13.9 Å². The molecule has 1 aliphatic rings. The van der Waals surface area contributed by atoms with Gasteiger partial charge in [0.1, 0.15) is 0 Å². The molecule has 22 heavy (non-hydrogen) atoms. The van der Waals surface area contributed by atoms with E-state index in [4.69, 9.17) is 9.15 Å². The summed E-state index contributed by atoms with van der Waals surface area (Å²) < 4.78 is 10.4. The molecule has 5 nitrogen and oxygen atoms in total. The van der Waals surface area contributed by atoms with Crippen LogP contribution >= 0.6 is 11.3 Å². The molecular formula is C16H20N2O3S. The van der Waals surface area contributed by atoms with Crippen LogP contribution in [0.25, 0.3) is 0 Å². The fraction of sp³-hybridized carbons (Fsp3) is 0.438. The number of urea groups is 1. The van der Waals surface area contributed by atoms with Crippen LogP contribution in [0.3, 0.4) is 0 Å². The van der Waals surface area contributed by atoms with Crippen molar-refractivity contribution >= 4 is 17.4 Å². The highest BCUT2D eigenvalue weighted by atomic mass is 32.1. The van der Waals surface area contributed by atoms with Crippen LogP contribution in [0, 0.1) is 0 Å². The molecule has 0 atom stereocenters. The first kappa shape index (κ1) is 15.1. The third kappa shape index (κ3) is 4.11. The topological polar surface area (TPSA) is 54.7 Å². The summed E-state index contributed by atoms with van der Waals surface area (Å²) in [5, 5.41) is 5.15. The first-order valence-corrected chi connectivity index (χ1v) is 8.36. The van der Waals surface area contributed by atoms with Gasteiger partial charge in [0.2, 0.25) is 0 Å². The lowest BCUT2D eigenvalue weighted by atomic mass is 10.1. The minimum Gasteiger partial charge on any atom is -0.472 e. The average molecular weight is 320 g/mol. The second-order valence-electron chi connectivity index (χ2n) is 5.40. The van der Waals surface area contributed by atoms with Crippen LogP contribution in [0.1, 0.15) is 23.3 Å². The number of carbonyl (C=O) groups is 1. The number of nitrogens with zero attached hydrogens (tertiary/aromatic N) is 1. The van der Waals surface area contributed by atoms with Gasteiger partial charge < -0.3 is 19.4 Å². The van der Waals surface area contributed by atoms with Gasteiger partial charge in [0.25, 0.3) is 0 Å². The van der Waals surface area contributed by atoms with Crippen LogP contribution in [0.4, 0.5) is 4.79 Å². The summed E-state index contributed by atoms with van der Waals surface area (Å²) in [4.78, 5) is 15.6. The second-order valence-corrected chi connectivity index (χ2v) is 6.44. The molecule has 1 N–H and O–H groups in total. The van der Waals surface area contributed by atoms with Crippen LogP contribution in [0.2, 0.25) is 0 Å². The highest BCUT2D eigenvalue weighted by Gasteiger charge is 2.21. The van der Waals surface area contributed by atoms with Crippen molar-refractivity contribution in [2.24, 2.45) is 0 Å². The van der Waals surface area contributed by atoms with E-state index < -0.39 is 0 Å². The first-order chi connectivity index (χ1) is 10.8. The zero-order valence-electron chi connectivity index (χ0n) is 12.4. The van der Waals surface area contributed by atoms with Crippen molar-refractivity contribution in [2.75, 3.05) is 13.2 Å². The average Bonchev–Trinajstić information content (AvgIpc) is 3.21. The summed E-state index contributed by atoms with van der Waals surface area (Å²) >= 11 is 1.66. The van der Waals surface area contributed by atoms with Crippen LogP contribution in [0.5, 0.6) is 0 Å². The van der Waals surface area contributed by atoms with E-state index in [1.165, 1.54) is 4.88 Å². The van der Waals surface area contributed by atoms with E-state index in [1.54, 1.807) is 23.9 Å². The van der Waals surface area contributed by atoms with Gasteiger partial charge in [-0.1, -0.05) is 6.07 Å². The Labute approximate surface area is 133 Å². The maximum absolute atomic E-state index is 12.6. The third-order valence-electron chi connectivity index (χ3n) is 3.72. The maximum Gasteiger partial charge on any atom is 0.318 e.